The Balaban J connectivity index is 1.77. The number of morpholine rings is 1. The van der Waals surface area contributed by atoms with Crippen LogP contribution in [-0.4, -0.2) is 37.2 Å². The van der Waals surface area contributed by atoms with Gasteiger partial charge in [0.25, 0.3) is 5.91 Å². The summed E-state index contributed by atoms with van der Waals surface area (Å²) in [5, 5.41) is 2.91. The van der Waals surface area contributed by atoms with Gasteiger partial charge in [-0.05, 0) is 47.9 Å². The monoisotopic (exact) mass is 437 g/mol. The molecule has 2 aromatic carbocycles. The van der Waals surface area contributed by atoms with Crippen molar-refractivity contribution in [3.05, 3.63) is 77.5 Å². The van der Waals surface area contributed by atoms with E-state index in [9.17, 15) is 13.6 Å². The van der Waals surface area contributed by atoms with E-state index >= 15 is 0 Å². The molecule has 1 saturated heterocycles. The van der Waals surface area contributed by atoms with E-state index in [1.165, 1.54) is 6.20 Å². The standard InChI is InChI=1S/C25H25F2N3O2/c1-16(2)17-3-5-18(6-4-17)25(31)29-23-20(21-15-19(26)7-8-22(21)27)9-10-28-24(23)30-11-13-32-14-12-30/h3-10,15-16H,11-14H2,1-2H3,(H,29,31). The van der Waals surface area contributed by atoms with Crippen molar-refractivity contribution < 1.29 is 18.3 Å². The molecule has 0 unspecified atom stereocenters. The van der Waals surface area contributed by atoms with Crippen molar-refractivity contribution >= 4 is 17.4 Å². The Bertz CT molecular complexity index is 1110. The number of ether oxygens (including phenoxy) is 1. The normalized spacial score (nSPS) is 14.0. The van der Waals surface area contributed by atoms with E-state index in [4.69, 9.17) is 4.74 Å². The summed E-state index contributed by atoms with van der Waals surface area (Å²) in [5.74, 6) is -0.640. The summed E-state index contributed by atoms with van der Waals surface area (Å²) in [6.07, 6.45) is 1.54. The lowest BCUT2D eigenvalue weighted by atomic mass is 10.0. The number of amides is 1. The topological polar surface area (TPSA) is 54.5 Å². The minimum atomic E-state index is -0.581. The van der Waals surface area contributed by atoms with Crippen LogP contribution in [0.15, 0.2) is 54.7 Å². The van der Waals surface area contributed by atoms with Gasteiger partial charge in [-0.1, -0.05) is 26.0 Å². The Morgan fingerprint density at radius 3 is 2.44 bits per heavy atom. The van der Waals surface area contributed by atoms with E-state index in [2.05, 4.69) is 24.1 Å². The first-order chi connectivity index (χ1) is 15.4. The maximum Gasteiger partial charge on any atom is 0.255 e. The molecule has 1 fully saturated rings. The second-order valence-corrected chi connectivity index (χ2v) is 8.01. The van der Waals surface area contributed by atoms with Gasteiger partial charge in [0.05, 0.1) is 18.9 Å². The van der Waals surface area contributed by atoms with Crippen LogP contribution < -0.4 is 10.2 Å². The maximum atomic E-state index is 14.7. The first-order valence-corrected chi connectivity index (χ1v) is 10.6. The number of halogens is 2. The van der Waals surface area contributed by atoms with Crippen LogP contribution in [0.2, 0.25) is 0 Å². The molecular formula is C25H25F2N3O2. The maximum absolute atomic E-state index is 14.7. The molecule has 0 saturated carbocycles. The van der Waals surface area contributed by atoms with Crippen molar-refractivity contribution in [1.82, 2.24) is 4.98 Å². The van der Waals surface area contributed by atoms with Gasteiger partial charge < -0.3 is 15.0 Å². The summed E-state index contributed by atoms with van der Waals surface area (Å²) < 4.78 is 34.0. The number of hydrogen-bond donors (Lipinski definition) is 1. The zero-order chi connectivity index (χ0) is 22.7. The number of hydrogen-bond acceptors (Lipinski definition) is 4. The second kappa shape index (κ2) is 9.44. The Hall–Kier alpha value is -3.32. The second-order valence-electron chi connectivity index (χ2n) is 8.01. The molecule has 1 amide bonds. The third-order valence-corrected chi connectivity index (χ3v) is 5.54. The van der Waals surface area contributed by atoms with Crippen molar-refractivity contribution in [2.45, 2.75) is 19.8 Å². The van der Waals surface area contributed by atoms with E-state index in [1.807, 2.05) is 17.0 Å². The smallest absolute Gasteiger partial charge is 0.255 e. The largest absolute Gasteiger partial charge is 0.378 e. The summed E-state index contributed by atoms with van der Waals surface area (Å²) in [4.78, 5) is 19.6. The van der Waals surface area contributed by atoms with Crippen LogP contribution >= 0.6 is 0 Å². The lowest BCUT2D eigenvalue weighted by molar-refractivity contribution is 0.102. The average Bonchev–Trinajstić information content (AvgIpc) is 2.81. The molecule has 7 heteroatoms. The third-order valence-electron chi connectivity index (χ3n) is 5.54. The molecular weight excluding hydrogens is 412 g/mol. The number of anilines is 2. The van der Waals surface area contributed by atoms with Crippen molar-refractivity contribution in [1.29, 1.82) is 0 Å². The molecule has 1 N–H and O–H groups in total. The van der Waals surface area contributed by atoms with Crippen LogP contribution in [0.4, 0.5) is 20.3 Å². The summed E-state index contributed by atoms with van der Waals surface area (Å²) in [7, 11) is 0. The molecule has 5 nitrogen and oxygen atoms in total. The van der Waals surface area contributed by atoms with Gasteiger partial charge in [0.15, 0.2) is 5.82 Å². The number of nitrogens with one attached hydrogen (secondary N) is 1. The molecule has 0 radical (unpaired) electrons. The van der Waals surface area contributed by atoms with Gasteiger partial charge in [-0.3, -0.25) is 4.79 Å². The van der Waals surface area contributed by atoms with Gasteiger partial charge in [-0.15, -0.1) is 0 Å². The molecule has 0 aliphatic carbocycles. The van der Waals surface area contributed by atoms with Crippen LogP contribution in [0.5, 0.6) is 0 Å². The Morgan fingerprint density at radius 1 is 1.03 bits per heavy atom. The van der Waals surface area contributed by atoms with Crippen molar-refractivity contribution in [2.24, 2.45) is 0 Å². The number of aromatic nitrogens is 1. The molecule has 3 aromatic rings. The number of pyridine rings is 1. The van der Waals surface area contributed by atoms with Crippen molar-refractivity contribution in [3.8, 4) is 11.1 Å². The first-order valence-electron chi connectivity index (χ1n) is 10.6. The van der Waals surface area contributed by atoms with Crippen LogP contribution in [-0.2, 0) is 4.74 Å². The van der Waals surface area contributed by atoms with Crippen LogP contribution in [0, 0.1) is 11.6 Å². The zero-order valence-corrected chi connectivity index (χ0v) is 18.1. The summed E-state index contributed by atoms with van der Waals surface area (Å²) >= 11 is 0. The highest BCUT2D eigenvalue weighted by Crippen LogP contribution is 2.37. The molecule has 1 aliphatic rings. The lowest BCUT2D eigenvalue weighted by Gasteiger charge is -2.30. The third kappa shape index (κ3) is 4.62. The number of carbonyl (C=O) groups is 1. The first kappa shape index (κ1) is 21.9. The molecule has 1 aliphatic heterocycles. The minimum Gasteiger partial charge on any atom is -0.378 e. The molecule has 166 valence electrons. The Morgan fingerprint density at radius 2 is 1.75 bits per heavy atom. The van der Waals surface area contributed by atoms with Crippen LogP contribution in [0.3, 0.4) is 0 Å². The lowest BCUT2D eigenvalue weighted by Crippen LogP contribution is -2.37. The number of rotatable bonds is 5. The van der Waals surface area contributed by atoms with E-state index < -0.39 is 11.6 Å². The zero-order valence-electron chi connectivity index (χ0n) is 18.1. The quantitative estimate of drug-likeness (QED) is 0.593. The predicted molar refractivity (Wildman–Crippen MR) is 121 cm³/mol. The van der Waals surface area contributed by atoms with Crippen LogP contribution in [0.1, 0.15) is 35.7 Å². The highest BCUT2D eigenvalue weighted by molar-refractivity contribution is 6.08. The summed E-state index contributed by atoms with van der Waals surface area (Å²) in [6.45, 7) is 6.36. The van der Waals surface area contributed by atoms with Gasteiger partial charge in [0, 0.05) is 36.0 Å². The Labute approximate surface area is 186 Å². The number of carbonyl (C=O) groups excluding carboxylic acids is 1. The fourth-order valence-corrected chi connectivity index (χ4v) is 3.72. The van der Waals surface area contributed by atoms with E-state index in [-0.39, 0.29) is 11.5 Å². The van der Waals surface area contributed by atoms with Gasteiger partial charge >= 0.3 is 0 Å². The number of nitrogens with zero attached hydrogens (tertiary/aromatic N) is 2. The molecule has 0 atom stereocenters. The SMILES string of the molecule is CC(C)c1ccc(C(=O)Nc2c(-c3cc(F)ccc3F)ccnc2N2CCOCC2)cc1. The molecule has 2 heterocycles. The summed E-state index contributed by atoms with van der Waals surface area (Å²) in [6, 6.07) is 12.2. The molecule has 4 rings (SSSR count). The van der Waals surface area contributed by atoms with Gasteiger partial charge in [0.1, 0.15) is 11.6 Å². The highest BCUT2D eigenvalue weighted by Gasteiger charge is 2.23. The van der Waals surface area contributed by atoms with Crippen molar-refractivity contribution in [2.75, 3.05) is 36.5 Å². The van der Waals surface area contributed by atoms with Crippen molar-refractivity contribution in [3.63, 3.8) is 0 Å². The molecule has 0 bridgehead atoms. The van der Waals surface area contributed by atoms with Crippen LogP contribution in [0.25, 0.3) is 11.1 Å². The summed E-state index contributed by atoms with van der Waals surface area (Å²) in [5.41, 5.74) is 2.37. The van der Waals surface area contributed by atoms with Gasteiger partial charge in [-0.2, -0.15) is 0 Å². The molecule has 32 heavy (non-hydrogen) atoms. The van der Waals surface area contributed by atoms with Gasteiger partial charge in [-0.25, -0.2) is 13.8 Å². The van der Waals surface area contributed by atoms with E-state index in [0.29, 0.717) is 54.9 Å². The fourth-order valence-electron chi connectivity index (χ4n) is 3.72. The fraction of sp³-hybridized carbons (Fsp3) is 0.280. The molecule has 0 spiro atoms. The average molecular weight is 437 g/mol. The molecule has 1 aromatic heterocycles. The van der Waals surface area contributed by atoms with E-state index in [0.717, 1.165) is 23.8 Å². The number of benzene rings is 2. The highest BCUT2D eigenvalue weighted by atomic mass is 19.1. The van der Waals surface area contributed by atoms with Gasteiger partial charge in [0.2, 0.25) is 0 Å². The predicted octanol–water partition coefficient (Wildman–Crippen LogP) is 5.24. The minimum absolute atomic E-state index is 0.0624. The Kier molecular flexibility index (Phi) is 6.46. The van der Waals surface area contributed by atoms with E-state index in [1.54, 1.807) is 18.2 Å².